The Morgan fingerprint density at radius 1 is 0.878 bits per heavy atom. The van der Waals surface area contributed by atoms with Crippen LogP contribution >= 0.6 is 15.9 Å². The molecule has 0 unspecified atom stereocenters. The van der Waals surface area contributed by atoms with Crippen molar-refractivity contribution < 1.29 is 33.8 Å². The van der Waals surface area contributed by atoms with E-state index in [0.29, 0.717) is 45.9 Å². The molecule has 4 atom stereocenters. The van der Waals surface area contributed by atoms with Gasteiger partial charge in [0, 0.05) is 28.7 Å². The largest absolute Gasteiger partial charge is 0.507 e. The Bertz CT molecular complexity index is 2060. The van der Waals surface area contributed by atoms with Crippen LogP contribution in [0.15, 0.2) is 88.0 Å². The van der Waals surface area contributed by atoms with Gasteiger partial charge in [-0.15, -0.1) is 0 Å². The van der Waals surface area contributed by atoms with Gasteiger partial charge in [0.2, 0.25) is 11.8 Å². The van der Waals surface area contributed by atoms with E-state index in [1.54, 1.807) is 40.2 Å². The zero-order valence-electron chi connectivity index (χ0n) is 27.5. The summed E-state index contributed by atoms with van der Waals surface area (Å²) < 4.78 is 11.0. The van der Waals surface area contributed by atoms with E-state index >= 15 is 0 Å². The first-order valence-electron chi connectivity index (χ1n) is 16.1. The number of allylic oxidation sites excluding steroid dienone is 6. The summed E-state index contributed by atoms with van der Waals surface area (Å²) in [5.74, 6) is -1.83. The Hall–Kier alpha value is -5.02. The van der Waals surface area contributed by atoms with Crippen molar-refractivity contribution in [3.8, 4) is 17.2 Å². The maximum absolute atomic E-state index is 14.3. The van der Waals surface area contributed by atoms with Crippen LogP contribution in [0.4, 0.5) is 5.69 Å². The number of amides is 2. The van der Waals surface area contributed by atoms with E-state index in [-0.39, 0.29) is 40.0 Å². The number of aryl methyl sites for hydroxylation is 2. The maximum atomic E-state index is 14.3. The molecule has 3 aromatic carbocycles. The zero-order chi connectivity index (χ0) is 34.7. The highest BCUT2D eigenvalue weighted by Crippen LogP contribution is 2.56. The first-order chi connectivity index (χ1) is 23.5. The van der Waals surface area contributed by atoms with E-state index < -0.39 is 23.7 Å². The molecule has 7 rings (SSSR count). The number of ether oxygens (including phenoxy) is 2. The summed E-state index contributed by atoms with van der Waals surface area (Å²) in [5.41, 5.74) is 5.90. The molecule has 0 aromatic heterocycles. The lowest BCUT2D eigenvalue weighted by Crippen LogP contribution is -2.39. The molecule has 49 heavy (non-hydrogen) atoms. The molecule has 9 heteroatoms. The summed E-state index contributed by atoms with van der Waals surface area (Å²) in [6.45, 7) is 3.59. The van der Waals surface area contributed by atoms with Crippen molar-refractivity contribution in [3.05, 3.63) is 116 Å². The number of phenolic OH excluding ortho intramolecular Hbond substituents is 1. The molecule has 1 N–H and O–H groups in total. The molecule has 1 fully saturated rings. The predicted octanol–water partition coefficient (Wildman–Crippen LogP) is 7.16. The predicted molar refractivity (Wildman–Crippen MR) is 190 cm³/mol. The van der Waals surface area contributed by atoms with Crippen LogP contribution < -0.4 is 14.4 Å². The van der Waals surface area contributed by atoms with Crippen LogP contribution in [0.5, 0.6) is 17.2 Å². The van der Waals surface area contributed by atoms with Crippen molar-refractivity contribution in [1.82, 2.24) is 0 Å². The number of carbonyl (C=O) groups excluding carboxylic acids is 4. The Morgan fingerprint density at radius 2 is 1.59 bits per heavy atom. The van der Waals surface area contributed by atoms with Gasteiger partial charge in [-0.1, -0.05) is 48.1 Å². The number of imide groups is 1. The van der Waals surface area contributed by atoms with E-state index in [1.165, 1.54) is 11.0 Å². The number of halogens is 1. The first-order valence-corrected chi connectivity index (χ1v) is 16.9. The van der Waals surface area contributed by atoms with Gasteiger partial charge in [0.1, 0.15) is 17.2 Å². The maximum Gasteiger partial charge on any atom is 0.238 e. The second kappa shape index (κ2) is 12.5. The number of benzene rings is 3. The number of nitrogens with zero attached hydrogens (tertiary/aromatic N) is 1. The normalized spacial score (nSPS) is 23.3. The third kappa shape index (κ3) is 5.37. The molecule has 0 bridgehead atoms. The summed E-state index contributed by atoms with van der Waals surface area (Å²) >= 11 is 3.28. The third-order valence-electron chi connectivity index (χ3n) is 10.2. The molecule has 0 radical (unpaired) electrons. The number of methoxy groups -OCH3 is 2. The highest BCUT2D eigenvalue weighted by Gasteiger charge is 2.56. The van der Waals surface area contributed by atoms with E-state index in [0.717, 1.165) is 22.3 Å². The Morgan fingerprint density at radius 3 is 2.27 bits per heavy atom. The summed E-state index contributed by atoms with van der Waals surface area (Å²) in [6, 6.07) is 16.4. The number of hydrogen-bond acceptors (Lipinski definition) is 7. The molecule has 1 saturated heterocycles. The zero-order valence-corrected chi connectivity index (χ0v) is 29.0. The van der Waals surface area contributed by atoms with Gasteiger partial charge >= 0.3 is 0 Å². The molecule has 3 aromatic rings. The molecule has 1 heterocycles. The molecule has 0 spiro atoms. The fraction of sp³-hybridized carbons (Fsp3) is 0.250. The van der Waals surface area contributed by atoms with Gasteiger partial charge in [0.05, 0.1) is 36.2 Å². The van der Waals surface area contributed by atoms with Gasteiger partial charge in [-0.25, -0.2) is 0 Å². The summed E-state index contributed by atoms with van der Waals surface area (Å²) in [7, 11) is 3.21. The lowest BCUT2D eigenvalue weighted by molar-refractivity contribution is -0.123. The van der Waals surface area contributed by atoms with E-state index in [1.807, 2.05) is 60.7 Å². The second-order valence-electron chi connectivity index (χ2n) is 12.9. The van der Waals surface area contributed by atoms with Crippen molar-refractivity contribution in [2.24, 2.45) is 17.8 Å². The number of fused-ring (bicyclic) bond motifs is 3. The van der Waals surface area contributed by atoms with Crippen molar-refractivity contribution in [2.75, 3.05) is 19.1 Å². The number of anilines is 1. The van der Waals surface area contributed by atoms with Crippen LogP contribution in [0.3, 0.4) is 0 Å². The van der Waals surface area contributed by atoms with E-state index in [9.17, 15) is 24.3 Å². The SMILES string of the molecule is COc1ccc(OC)c(C=Cc2ccc(N3C(=O)[C@H]4[C@H](CC=C5[C@H](c6cc(C)c(O)c(C)c6)C6=C(C[C@H]54)C(=O)C(Br)=CC6=O)C3=O)cc2)c1. The van der Waals surface area contributed by atoms with Crippen molar-refractivity contribution in [3.63, 3.8) is 0 Å². The van der Waals surface area contributed by atoms with Crippen LogP contribution in [0.25, 0.3) is 12.2 Å². The molecule has 2 amide bonds. The number of Topliss-reactive ketones (excluding diaryl/α,β-unsaturated/α-hetero) is 1. The molecule has 0 saturated carbocycles. The molecule has 8 nitrogen and oxygen atoms in total. The van der Waals surface area contributed by atoms with Crippen molar-refractivity contribution in [1.29, 1.82) is 0 Å². The lowest BCUT2D eigenvalue weighted by atomic mass is 9.59. The second-order valence-corrected chi connectivity index (χ2v) is 13.8. The molecule has 3 aliphatic carbocycles. The minimum Gasteiger partial charge on any atom is -0.507 e. The fourth-order valence-corrected chi connectivity index (χ4v) is 8.33. The van der Waals surface area contributed by atoms with Gasteiger partial charge in [-0.05, 0) is 101 Å². The van der Waals surface area contributed by atoms with Crippen LogP contribution in [-0.4, -0.2) is 42.7 Å². The van der Waals surface area contributed by atoms with Crippen LogP contribution in [0, 0.1) is 31.6 Å². The van der Waals surface area contributed by atoms with Gasteiger partial charge in [-0.2, -0.15) is 0 Å². The summed E-state index contributed by atoms with van der Waals surface area (Å²) in [6.07, 6.45) is 7.68. The van der Waals surface area contributed by atoms with Gasteiger partial charge in [-0.3, -0.25) is 24.1 Å². The Labute approximate surface area is 292 Å². The van der Waals surface area contributed by atoms with E-state index in [2.05, 4.69) is 15.9 Å². The monoisotopic (exact) mass is 719 g/mol. The van der Waals surface area contributed by atoms with Crippen LogP contribution in [0.2, 0.25) is 0 Å². The summed E-state index contributed by atoms with van der Waals surface area (Å²) in [5, 5.41) is 10.5. The van der Waals surface area contributed by atoms with Gasteiger partial charge in [0.15, 0.2) is 11.6 Å². The van der Waals surface area contributed by atoms with Crippen LogP contribution in [0.1, 0.15) is 46.6 Å². The highest BCUT2D eigenvalue weighted by molar-refractivity contribution is 9.12. The number of phenols is 1. The van der Waals surface area contributed by atoms with Crippen molar-refractivity contribution in [2.45, 2.75) is 32.6 Å². The molecule has 4 aliphatic rings. The van der Waals surface area contributed by atoms with Gasteiger partial charge in [0.25, 0.3) is 0 Å². The smallest absolute Gasteiger partial charge is 0.238 e. The Kier molecular flexibility index (Phi) is 8.27. The number of carbonyl (C=O) groups is 4. The quantitative estimate of drug-likeness (QED) is 0.125. The molecular formula is C40H34BrNO7. The fourth-order valence-electron chi connectivity index (χ4n) is 7.89. The number of aromatic hydroxyl groups is 1. The third-order valence-corrected chi connectivity index (χ3v) is 10.8. The first kappa shape index (κ1) is 32.5. The van der Waals surface area contributed by atoms with E-state index in [4.69, 9.17) is 9.47 Å². The minimum atomic E-state index is -0.684. The standard InChI is InChI=1S/C40H34BrNO7/c1-20-15-24(16-21(2)37(20)44)34-27-12-13-28-35(29(27)18-30-36(34)32(43)19-31(41)38(30)45)40(47)42(39(28)46)25-9-6-22(7-10-25)5-8-23-17-26(48-3)11-14-33(23)49-4/h5-12,14-17,19,28-29,34-35,44H,13,18H2,1-4H3/t28-,29+,34-,35-/m0/s1. The number of rotatable bonds is 6. The minimum absolute atomic E-state index is 0.172. The average Bonchev–Trinajstić information content (AvgIpc) is 3.36. The molecule has 1 aliphatic heterocycles. The lowest BCUT2D eigenvalue weighted by Gasteiger charge is -2.42. The Balaban J connectivity index is 1.22. The van der Waals surface area contributed by atoms with Crippen LogP contribution in [-0.2, 0) is 19.2 Å². The molecular weight excluding hydrogens is 686 g/mol. The number of hydrogen-bond donors (Lipinski definition) is 1. The average molecular weight is 721 g/mol. The number of ketones is 2. The molecule has 248 valence electrons. The summed E-state index contributed by atoms with van der Waals surface area (Å²) in [4.78, 5) is 56.6. The van der Waals surface area contributed by atoms with Gasteiger partial charge < -0.3 is 14.6 Å². The highest BCUT2D eigenvalue weighted by atomic mass is 79.9. The topological polar surface area (TPSA) is 110 Å². The van der Waals surface area contributed by atoms with Crippen molar-refractivity contribution >= 4 is 57.2 Å².